The van der Waals surface area contributed by atoms with E-state index in [2.05, 4.69) is 21.9 Å². The smallest absolute Gasteiger partial charge is 0.259 e. The van der Waals surface area contributed by atoms with Gasteiger partial charge in [-0.25, -0.2) is 0 Å². The lowest BCUT2D eigenvalue weighted by atomic mass is 10.0. The lowest BCUT2D eigenvalue weighted by molar-refractivity contribution is 0.0502. The number of benzene rings is 1. The molecule has 0 aliphatic carbocycles. The molecule has 1 atom stereocenters. The standard InChI is InChI=1S/C28H39N5O4/c1-4-36-12-6-5-9-31-10-11-32(18-20(31)3)28(35)22-16-23-25(15-19(22)2)30-27(34)24-17-29-33(26(23)24)21-7-13-37-14-8-21/h15-17,20-21H,4-14,18H2,1-3H3,(H,30,34)/t20-/m0/s1. The second-order valence-electron chi connectivity index (χ2n) is 10.4. The summed E-state index contributed by atoms with van der Waals surface area (Å²) in [5.41, 5.74) is 2.97. The number of rotatable bonds is 8. The number of aryl methyl sites for hydroxylation is 1. The van der Waals surface area contributed by atoms with Crippen molar-refractivity contribution in [2.24, 2.45) is 0 Å². The third-order valence-electron chi connectivity index (χ3n) is 7.92. The number of H-pyrrole nitrogens is 1. The maximum atomic E-state index is 13.8. The van der Waals surface area contributed by atoms with Crippen molar-refractivity contribution in [3.63, 3.8) is 0 Å². The number of nitrogens with zero attached hydrogens (tertiary/aromatic N) is 4. The first-order valence-corrected chi connectivity index (χ1v) is 13.7. The van der Waals surface area contributed by atoms with E-state index in [0.29, 0.717) is 43.3 Å². The Kier molecular flexibility index (Phi) is 7.92. The molecule has 9 heteroatoms. The number of aromatic amines is 1. The van der Waals surface area contributed by atoms with Crippen LogP contribution in [-0.2, 0) is 9.47 Å². The summed E-state index contributed by atoms with van der Waals surface area (Å²) < 4.78 is 13.0. The summed E-state index contributed by atoms with van der Waals surface area (Å²) >= 11 is 0. The summed E-state index contributed by atoms with van der Waals surface area (Å²) in [4.78, 5) is 34.1. The molecule has 0 spiro atoms. The molecule has 3 aromatic rings. The predicted octanol–water partition coefficient (Wildman–Crippen LogP) is 3.50. The van der Waals surface area contributed by atoms with Crippen LogP contribution in [0.15, 0.2) is 23.1 Å². The molecule has 2 aromatic heterocycles. The van der Waals surface area contributed by atoms with Gasteiger partial charge in [0.1, 0.15) is 0 Å². The summed E-state index contributed by atoms with van der Waals surface area (Å²) in [7, 11) is 0. The first-order valence-electron chi connectivity index (χ1n) is 13.7. The fourth-order valence-electron chi connectivity index (χ4n) is 5.78. The first kappa shape index (κ1) is 25.9. The number of pyridine rings is 1. The minimum Gasteiger partial charge on any atom is -0.382 e. The molecule has 9 nitrogen and oxygen atoms in total. The Morgan fingerprint density at radius 3 is 2.76 bits per heavy atom. The van der Waals surface area contributed by atoms with Crippen LogP contribution < -0.4 is 5.56 Å². The molecule has 4 heterocycles. The van der Waals surface area contributed by atoms with E-state index in [0.717, 1.165) is 74.0 Å². The molecule has 0 bridgehead atoms. The van der Waals surface area contributed by atoms with Gasteiger partial charge in [-0.1, -0.05) is 0 Å². The van der Waals surface area contributed by atoms with Crippen molar-refractivity contribution in [3.05, 3.63) is 39.8 Å². The van der Waals surface area contributed by atoms with E-state index in [1.54, 1.807) is 6.20 Å². The van der Waals surface area contributed by atoms with Crippen molar-refractivity contribution in [2.45, 2.75) is 58.5 Å². The number of hydrogen-bond donors (Lipinski definition) is 1. The van der Waals surface area contributed by atoms with Gasteiger partial charge >= 0.3 is 0 Å². The molecule has 0 saturated carbocycles. The predicted molar refractivity (Wildman–Crippen MR) is 144 cm³/mol. The van der Waals surface area contributed by atoms with E-state index in [9.17, 15) is 9.59 Å². The Labute approximate surface area is 217 Å². The normalized spacial score (nSPS) is 19.8. The van der Waals surface area contributed by atoms with E-state index >= 15 is 0 Å². The molecule has 1 N–H and O–H groups in total. The van der Waals surface area contributed by atoms with Crippen molar-refractivity contribution in [3.8, 4) is 0 Å². The van der Waals surface area contributed by atoms with Crippen LogP contribution in [0.1, 0.15) is 61.5 Å². The van der Waals surface area contributed by atoms with Crippen molar-refractivity contribution in [1.29, 1.82) is 0 Å². The number of unbranched alkanes of at least 4 members (excludes halogenated alkanes) is 1. The van der Waals surface area contributed by atoms with Crippen LogP contribution in [0.5, 0.6) is 0 Å². The van der Waals surface area contributed by atoms with Crippen LogP contribution in [0.2, 0.25) is 0 Å². The number of ether oxygens (including phenoxy) is 2. The van der Waals surface area contributed by atoms with Gasteiger partial charge in [0, 0.05) is 63.1 Å². The van der Waals surface area contributed by atoms with Crippen LogP contribution in [0.3, 0.4) is 0 Å². The highest BCUT2D eigenvalue weighted by molar-refractivity contribution is 6.07. The van der Waals surface area contributed by atoms with E-state index in [4.69, 9.17) is 9.47 Å². The summed E-state index contributed by atoms with van der Waals surface area (Å²) in [5.74, 6) is 0.0544. The Morgan fingerprint density at radius 2 is 2.00 bits per heavy atom. The molecule has 2 saturated heterocycles. The molecule has 2 aliphatic heterocycles. The Hall–Kier alpha value is -2.75. The molecule has 2 fully saturated rings. The number of fused-ring (bicyclic) bond motifs is 3. The van der Waals surface area contributed by atoms with Gasteiger partial charge in [0.05, 0.1) is 28.7 Å². The van der Waals surface area contributed by atoms with Gasteiger partial charge in [0.25, 0.3) is 11.5 Å². The summed E-state index contributed by atoms with van der Waals surface area (Å²) in [5, 5.41) is 6.04. The van der Waals surface area contributed by atoms with E-state index in [-0.39, 0.29) is 17.5 Å². The largest absolute Gasteiger partial charge is 0.382 e. The Morgan fingerprint density at radius 1 is 1.19 bits per heavy atom. The van der Waals surface area contributed by atoms with Crippen LogP contribution >= 0.6 is 0 Å². The third-order valence-corrected chi connectivity index (χ3v) is 7.92. The quantitative estimate of drug-likeness (QED) is 0.467. The van der Waals surface area contributed by atoms with E-state index in [1.165, 1.54) is 0 Å². The molecule has 200 valence electrons. The maximum absolute atomic E-state index is 13.8. The van der Waals surface area contributed by atoms with Crippen molar-refractivity contribution in [2.75, 3.05) is 52.6 Å². The average molecular weight is 510 g/mol. The maximum Gasteiger partial charge on any atom is 0.259 e. The van der Waals surface area contributed by atoms with Crippen LogP contribution in [0.25, 0.3) is 21.8 Å². The zero-order chi connectivity index (χ0) is 25.9. The van der Waals surface area contributed by atoms with E-state index in [1.807, 2.05) is 35.6 Å². The van der Waals surface area contributed by atoms with Crippen LogP contribution in [-0.4, -0.2) is 89.1 Å². The second-order valence-corrected chi connectivity index (χ2v) is 10.4. The number of amides is 1. The minimum atomic E-state index is -0.148. The molecule has 0 radical (unpaired) electrons. The number of carbonyl (C=O) groups is 1. The number of aromatic nitrogens is 3. The fraction of sp³-hybridized carbons (Fsp3) is 0.607. The number of nitrogens with one attached hydrogen (secondary N) is 1. The van der Waals surface area contributed by atoms with Gasteiger partial charge in [-0.05, 0) is 70.7 Å². The summed E-state index contributed by atoms with van der Waals surface area (Å²) in [6.45, 7) is 12.5. The SMILES string of the molecule is CCOCCCCN1CCN(C(=O)c2cc3c(cc2C)[nH]c(=O)c2cnn(C4CCOCC4)c23)C[C@@H]1C. The molecular formula is C28H39N5O4. The third kappa shape index (κ3) is 5.30. The monoisotopic (exact) mass is 509 g/mol. The fourth-order valence-corrected chi connectivity index (χ4v) is 5.78. The highest BCUT2D eigenvalue weighted by atomic mass is 16.5. The molecule has 2 aliphatic rings. The minimum absolute atomic E-state index is 0.0544. The number of carbonyl (C=O) groups excluding carboxylic acids is 1. The van der Waals surface area contributed by atoms with Gasteiger partial charge in [0.15, 0.2) is 0 Å². The molecule has 37 heavy (non-hydrogen) atoms. The molecule has 0 unspecified atom stereocenters. The highest BCUT2D eigenvalue weighted by Crippen LogP contribution is 2.30. The lowest BCUT2D eigenvalue weighted by Gasteiger charge is -2.40. The van der Waals surface area contributed by atoms with Gasteiger partial charge in [-0.15, -0.1) is 0 Å². The lowest BCUT2D eigenvalue weighted by Crippen LogP contribution is -2.53. The average Bonchev–Trinajstić information content (AvgIpc) is 3.35. The van der Waals surface area contributed by atoms with Gasteiger partial charge in [-0.3, -0.25) is 19.2 Å². The topological polar surface area (TPSA) is 92.7 Å². The summed E-state index contributed by atoms with van der Waals surface area (Å²) in [6, 6.07) is 4.39. The zero-order valence-corrected chi connectivity index (χ0v) is 22.3. The second kappa shape index (κ2) is 11.3. The van der Waals surface area contributed by atoms with Gasteiger partial charge < -0.3 is 19.4 Å². The molecule has 5 rings (SSSR count). The van der Waals surface area contributed by atoms with Crippen molar-refractivity contribution < 1.29 is 14.3 Å². The number of piperazine rings is 1. The van der Waals surface area contributed by atoms with E-state index < -0.39 is 0 Å². The van der Waals surface area contributed by atoms with Crippen molar-refractivity contribution in [1.82, 2.24) is 24.6 Å². The van der Waals surface area contributed by atoms with Gasteiger partial charge in [0.2, 0.25) is 0 Å². The number of hydrogen-bond acceptors (Lipinski definition) is 6. The molecular weight excluding hydrogens is 470 g/mol. The van der Waals surface area contributed by atoms with Gasteiger partial charge in [-0.2, -0.15) is 5.10 Å². The Balaban J connectivity index is 1.39. The van der Waals surface area contributed by atoms with Crippen molar-refractivity contribution >= 4 is 27.7 Å². The zero-order valence-electron chi connectivity index (χ0n) is 22.3. The molecule has 1 amide bonds. The van der Waals surface area contributed by atoms with Crippen LogP contribution in [0, 0.1) is 6.92 Å². The highest BCUT2D eigenvalue weighted by Gasteiger charge is 2.28. The first-order chi connectivity index (χ1) is 18.0. The molecule has 1 aromatic carbocycles. The Bertz CT molecular complexity index is 1310. The van der Waals surface area contributed by atoms with Crippen LogP contribution in [0.4, 0.5) is 0 Å². The summed E-state index contributed by atoms with van der Waals surface area (Å²) in [6.07, 6.45) is 5.54.